The Balaban J connectivity index is 2.00. The third kappa shape index (κ3) is 2.86. The molecule has 0 radical (unpaired) electrons. The summed E-state index contributed by atoms with van der Waals surface area (Å²) in [6.45, 7) is 1.98. The van der Waals surface area contributed by atoms with E-state index in [-0.39, 0.29) is 11.3 Å². The van der Waals surface area contributed by atoms with Crippen LogP contribution in [0, 0.1) is 0 Å². The molecule has 2 nitrogen and oxygen atoms in total. The van der Waals surface area contributed by atoms with E-state index in [0.717, 1.165) is 19.3 Å². The van der Waals surface area contributed by atoms with Gasteiger partial charge in [-0.1, -0.05) is 6.92 Å². The lowest BCUT2D eigenvalue weighted by molar-refractivity contribution is -0.134. The minimum atomic E-state index is -0.310. The molecule has 1 amide bonds. The van der Waals surface area contributed by atoms with E-state index in [0.29, 0.717) is 12.1 Å². The zero-order chi connectivity index (χ0) is 11.5. The molecule has 0 aromatic heterocycles. The summed E-state index contributed by atoms with van der Waals surface area (Å²) in [6.07, 6.45) is 5.41. The molecule has 0 bridgehead atoms. The maximum absolute atomic E-state index is 12.2. The summed E-state index contributed by atoms with van der Waals surface area (Å²) in [7, 11) is 0. The second-order valence-corrected chi connectivity index (χ2v) is 6.45. The molecule has 0 N–H and O–H groups in total. The van der Waals surface area contributed by atoms with Crippen LogP contribution in [0.4, 0.5) is 0 Å². The minimum Gasteiger partial charge on any atom is -0.335 e. The molecule has 1 heterocycles. The van der Waals surface area contributed by atoms with Gasteiger partial charge in [0, 0.05) is 12.1 Å². The number of carbonyl (C=O) groups is 1. The Bertz CT molecular complexity index is 251. The van der Waals surface area contributed by atoms with Gasteiger partial charge in [0.05, 0.1) is 0 Å². The molecule has 0 aromatic rings. The van der Waals surface area contributed by atoms with Crippen LogP contribution in [0.25, 0.3) is 0 Å². The Morgan fingerprint density at radius 3 is 2.38 bits per heavy atom. The number of hydrogen-bond donors (Lipinski definition) is 0. The van der Waals surface area contributed by atoms with Crippen LogP contribution < -0.4 is 0 Å². The quantitative estimate of drug-likeness (QED) is 0.726. The SMILES string of the molecule is CC[C@@H](Cl)C(=O)N(C1CCSCC1)C1CC1. The fourth-order valence-electron chi connectivity index (χ4n) is 2.31. The molecule has 2 fully saturated rings. The first kappa shape index (κ1) is 12.6. The predicted octanol–water partition coefficient (Wildman–Crippen LogP) is 2.89. The molecule has 1 saturated heterocycles. The van der Waals surface area contributed by atoms with Crippen LogP contribution in [0.15, 0.2) is 0 Å². The van der Waals surface area contributed by atoms with Crippen LogP contribution in [-0.4, -0.2) is 39.8 Å². The first-order valence-corrected chi connectivity index (χ1v) is 7.87. The van der Waals surface area contributed by atoms with Gasteiger partial charge in [0.2, 0.25) is 5.91 Å². The summed E-state index contributed by atoms with van der Waals surface area (Å²) < 4.78 is 0. The number of amides is 1. The summed E-state index contributed by atoms with van der Waals surface area (Å²) >= 11 is 8.11. The smallest absolute Gasteiger partial charge is 0.241 e. The monoisotopic (exact) mass is 261 g/mol. The van der Waals surface area contributed by atoms with E-state index in [2.05, 4.69) is 4.90 Å². The van der Waals surface area contributed by atoms with E-state index >= 15 is 0 Å². The van der Waals surface area contributed by atoms with Crippen molar-refractivity contribution in [2.24, 2.45) is 0 Å². The number of thioether (sulfide) groups is 1. The fraction of sp³-hybridized carbons (Fsp3) is 0.917. The highest BCUT2D eigenvalue weighted by Crippen LogP contribution is 2.34. The highest BCUT2D eigenvalue weighted by atomic mass is 35.5. The lowest BCUT2D eigenvalue weighted by Gasteiger charge is -2.35. The zero-order valence-corrected chi connectivity index (χ0v) is 11.4. The Labute approximate surface area is 107 Å². The molecule has 2 aliphatic rings. The van der Waals surface area contributed by atoms with E-state index in [9.17, 15) is 4.79 Å². The highest BCUT2D eigenvalue weighted by Gasteiger charge is 2.39. The molecule has 1 aliphatic carbocycles. The topological polar surface area (TPSA) is 20.3 Å². The molecule has 4 heteroatoms. The summed E-state index contributed by atoms with van der Waals surface area (Å²) in [6, 6.07) is 0.974. The summed E-state index contributed by atoms with van der Waals surface area (Å²) in [5.74, 6) is 2.57. The average molecular weight is 262 g/mol. The van der Waals surface area contributed by atoms with Gasteiger partial charge >= 0.3 is 0 Å². The number of carbonyl (C=O) groups excluding carboxylic acids is 1. The van der Waals surface area contributed by atoms with E-state index in [4.69, 9.17) is 11.6 Å². The van der Waals surface area contributed by atoms with Crippen molar-refractivity contribution in [3.05, 3.63) is 0 Å². The molecule has 2 rings (SSSR count). The van der Waals surface area contributed by atoms with Crippen LogP contribution >= 0.6 is 23.4 Å². The fourth-order valence-corrected chi connectivity index (χ4v) is 3.50. The van der Waals surface area contributed by atoms with Crippen LogP contribution in [-0.2, 0) is 4.79 Å². The van der Waals surface area contributed by atoms with E-state index < -0.39 is 0 Å². The number of alkyl halides is 1. The van der Waals surface area contributed by atoms with E-state index in [1.807, 2.05) is 18.7 Å². The molecule has 0 unspecified atom stereocenters. The molecule has 16 heavy (non-hydrogen) atoms. The predicted molar refractivity (Wildman–Crippen MR) is 70.1 cm³/mol. The lowest BCUT2D eigenvalue weighted by Crippen LogP contribution is -2.47. The van der Waals surface area contributed by atoms with Crippen molar-refractivity contribution in [1.29, 1.82) is 0 Å². The Morgan fingerprint density at radius 2 is 1.88 bits per heavy atom. The molecule has 1 saturated carbocycles. The molecule has 1 aliphatic heterocycles. The first-order valence-electron chi connectivity index (χ1n) is 6.28. The van der Waals surface area contributed by atoms with Gasteiger partial charge < -0.3 is 4.90 Å². The maximum atomic E-state index is 12.2. The van der Waals surface area contributed by atoms with Crippen molar-refractivity contribution in [1.82, 2.24) is 4.90 Å². The maximum Gasteiger partial charge on any atom is 0.241 e. The highest BCUT2D eigenvalue weighted by molar-refractivity contribution is 7.99. The number of nitrogens with zero attached hydrogens (tertiary/aromatic N) is 1. The second-order valence-electron chi connectivity index (χ2n) is 4.70. The Kier molecular flexibility index (Phi) is 4.42. The van der Waals surface area contributed by atoms with Crippen LogP contribution in [0.1, 0.15) is 39.0 Å². The first-order chi connectivity index (χ1) is 7.74. The van der Waals surface area contributed by atoms with Crippen molar-refractivity contribution < 1.29 is 4.79 Å². The minimum absolute atomic E-state index is 0.184. The van der Waals surface area contributed by atoms with Crippen molar-refractivity contribution in [2.75, 3.05) is 11.5 Å². The summed E-state index contributed by atoms with van der Waals surface area (Å²) in [4.78, 5) is 14.4. The normalized spacial score (nSPS) is 24.1. The van der Waals surface area contributed by atoms with Crippen LogP contribution in [0.2, 0.25) is 0 Å². The third-order valence-electron chi connectivity index (χ3n) is 3.41. The number of hydrogen-bond acceptors (Lipinski definition) is 2. The van der Waals surface area contributed by atoms with Gasteiger partial charge in [0.15, 0.2) is 0 Å². The molecule has 0 aromatic carbocycles. The van der Waals surface area contributed by atoms with Crippen molar-refractivity contribution in [3.8, 4) is 0 Å². The molecule has 92 valence electrons. The third-order valence-corrected chi connectivity index (χ3v) is 4.95. The number of halogens is 1. The van der Waals surface area contributed by atoms with Gasteiger partial charge in [-0.15, -0.1) is 11.6 Å². The van der Waals surface area contributed by atoms with Crippen LogP contribution in [0.3, 0.4) is 0 Å². The van der Waals surface area contributed by atoms with Crippen molar-refractivity contribution in [3.63, 3.8) is 0 Å². The van der Waals surface area contributed by atoms with Gasteiger partial charge in [0.25, 0.3) is 0 Å². The standard InChI is InChI=1S/C12H20ClNOS/c1-2-11(13)12(15)14(9-3-4-9)10-5-7-16-8-6-10/h9-11H,2-8H2,1H3/t11-/m1/s1. The molecular weight excluding hydrogens is 242 g/mol. The van der Waals surface area contributed by atoms with Gasteiger partial charge in [-0.05, 0) is 43.6 Å². The molecule has 1 atom stereocenters. The van der Waals surface area contributed by atoms with E-state index in [1.165, 1.54) is 24.3 Å². The largest absolute Gasteiger partial charge is 0.335 e. The van der Waals surface area contributed by atoms with Gasteiger partial charge in [0.1, 0.15) is 5.38 Å². The van der Waals surface area contributed by atoms with Crippen molar-refractivity contribution >= 4 is 29.3 Å². The Hall–Kier alpha value is 0.110. The number of rotatable bonds is 4. The molecular formula is C12H20ClNOS. The van der Waals surface area contributed by atoms with E-state index in [1.54, 1.807) is 0 Å². The molecule has 0 spiro atoms. The summed E-state index contributed by atoms with van der Waals surface area (Å²) in [5.41, 5.74) is 0. The van der Waals surface area contributed by atoms with Gasteiger partial charge in [-0.2, -0.15) is 11.8 Å². The van der Waals surface area contributed by atoms with Crippen molar-refractivity contribution in [2.45, 2.75) is 56.5 Å². The summed E-state index contributed by atoms with van der Waals surface area (Å²) in [5, 5.41) is -0.310. The zero-order valence-electron chi connectivity index (χ0n) is 9.82. The lowest BCUT2D eigenvalue weighted by atomic mass is 10.1. The second kappa shape index (κ2) is 5.63. The average Bonchev–Trinajstić information content (AvgIpc) is 3.14. The van der Waals surface area contributed by atoms with Crippen LogP contribution in [0.5, 0.6) is 0 Å². The van der Waals surface area contributed by atoms with Gasteiger partial charge in [-0.25, -0.2) is 0 Å². The van der Waals surface area contributed by atoms with Gasteiger partial charge in [-0.3, -0.25) is 4.79 Å². The Morgan fingerprint density at radius 1 is 1.31 bits per heavy atom.